The van der Waals surface area contributed by atoms with Crippen molar-refractivity contribution in [1.29, 1.82) is 0 Å². The molecule has 0 amide bonds. The summed E-state index contributed by atoms with van der Waals surface area (Å²) in [6.45, 7) is 9.45. The highest BCUT2D eigenvalue weighted by Crippen LogP contribution is 2.47. The Kier molecular flexibility index (Phi) is 7.18. The van der Waals surface area contributed by atoms with Gasteiger partial charge in [0.25, 0.3) is 0 Å². The van der Waals surface area contributed by atoms with Crippen molar-refractivity contribution in [1.82, 2.24) is 0 Å². The summed E-state index contributed by atoms with van der Waals surface area (Å²) in [6.07, 6.45) is 3.45. The highest BCUT2D eigenvalue weighted by Gasteiger charge is 2.44. The maximum absolute atomic E-state index is 12.2. The predicted molar refractivity (Wildman–Crippen MR) is 114 cm³/mol. The molecule has 4 atom stereocenters. The first-order chi connectivity index (χ1) is 13.5. The van der Waals surface area contributed by atoms with E-state index >= 15 is 0 Å². The zero-order valence-corrected chi connectivity index (χ0v) is 18.5. The van der Waals surface area contributed by atoms with Gasteiger partial charge in [0, 0.05) is 17.9 Å². The van der Waals surface area contributed by atoms with E-state index < -0.39 is 6.10 Å². The van der Waals surface area contributed by atoms with E-state index in [9.17, 15) is 24.9 Å². The second-order valence-electron chi connectivity index (χ2n) is 8.65. The monoisotopic (exact) mass is 422 g/mol. The number of phenolic OH excluding ortho intramolecular Hbond substituents is 2. The number of aromatic hydroxyl groups is 2. The lowest BCUT2D eigenvalue weighted by Crippen LogP contribution is -2.43. The number of allylic oxidation sites excluding steroid dienone is 1. The number of aliphatic hydroxyl groups is 1. The quantitative estimate of drug-likeness (QED) is 0.454. The third-order valence-corrected chi connectivity index (χ3v) is 7.56. The van der Waals surface area contributed by atoms with Crippen molar-refractivity contribution < 1.29 is 24.9 Å². The van der Waals surface area contributed by atoms with Gasteiger partial charge in [-0.2, -0.15) is 0 Å². The number of halogens is 1. The van der Waals surface area contributed by atoms with Crippen LogP contribution in [-0.4, -0.2) is 33.5 Å². The summed E-state index contributed by atoms with van der Waals surface area (Å²) in [4.78, 5) is 23.5. The third-order valence-electron chi connectivity index (χ3n) is 7.09. The number of aliphatic hydroxyl groups excluding tert-OH is 1. The fourth-order valence-corrected chi connectivity index (χ4v) is 4.49. The maximum atomic E-state index is 12.2. The first-order valence-electron chi connectivity index (χ1n) is 10.0. The van der Waals surface area contributed by atoms with E-state index in [1.807, 2.05) is 6.92 Å². The molecule has 0 radical (unpaired) electrons. The van der Waals surface area contributed by atoms with Crippen LogP contribution in [0.3, 0.4) is 0 Å². The third kappa shape index (κ3) is 4.36. The van der Waals surface area contributed by atoms with E-state index in [4.69, 9.17) is 11.6 Å². The molecule has 29 heavy (non-hydrogen) atoms. The molecule has 1 aliphatic carbocycles. The van der Waals surface area contributed by atoms with Crippen LogP contribution in [0.4, 0.5) is 0 Å². The van der Waals surface area contributed by atoms with Crippen molar-refractivity contribution in [2.75, 3.05) is 0 Å². The fourth-order valence-electron chi connectivity index (χ4n) is 4.27. The fraction of sp³-hybridized carbons (Fsp3) is 0.565. The molecule has 2 rings (SSSR count). The van der Waals surface area contributed by atoms with Gasteiger partial charge in [0.05, 0.1) is 16.7 Å². The van der Waals surface area contributed by atoms with Gasteiger partial charge in [0.15, 0.2) is 6.29 Å². The molecule has 1 aliphatic rings. The number of rotatable bonds is 6. The number of phenols is 2. The van der Waals surface area contributed by atoms with E-state index in [2.05, 4.69) is 13.8 Å². The Bertz CT molecular complexity index is 844. The second-order valence-corrected chi connectivity index (χ2v) is 9.03. The molecule has 6 heteroatoms. The molecule has 3 N–H and O–H groups in total. The lowest BCUT2D eigenvalue weighted by atomic mass is 9.59. The largest absolute Gasteiger partial charge is 0.507 e. The lowest BCUT2D eigenvalue weighted by Gasteiger charge is -2.45. The van der Waals surface area contributed by atoms with Gasteiger partial charge in [-0.05, 0) is 55.6 Å². The summed E-state index contributed by atoms with van der Waals surface area (Å²) >= 11 is 6.09. The number of Topliss-reactive ketones (excluding diaryl/α,β-unsaturated/α-hetero) is 1. The van der Waals surface area contributed by atoms with Crippen molar-refractivity contribution in [2.45, 2.75) is 66.4 Å². The molecule has 160 valence electrons. The normalized spacial score (nSPS) is 26.4. The maximum Gasteiger partial charge on any atom is 0.154 e. The molecule has 5 nitrogen and oxygen atoms in total. The highest BCUT2D eigenvalue weighted by molar-refractivity contribution is 6.33. The van der Waals surface area contributed by atoms with Gasteiger partial charge >= 0.3 is 0 Å². The van der Waals surface area contributed by atoms with Crippen LogP contribution >= 0.6 is 11.6 Å². The van der Waals surface area contributed by atoms with Crippen molar-refractivity contribution in [3.05, 3.63) is 33.4 Å². The van der Waals surface area contributed by atoms with E-state index in [1.54, 1.807) is 19.9 Å². The van der Waals surface area contributed by atoms with Crippen molar-refractivity contribution in [3.8, 4) is 11.5 Å². The zero-order chi connectivity index (χ0) is 22.1. The Morgan fingerprint density at radius 2 is 1.93 bits per heavy atom. The van der Waals surface area contributed by atoms with E-state index in [-0.39, 0.29) is 51.2 Å². The first-order valence-corrected chi connectivity index (χ1v) is 10.4. The van der Waals surface area contributed by atoms with Crippen LogP contribution in [-0.2, 0) is 11.2 Å². The van der Waals surface area contributed by atoms with Crippen molar-refractivity contribution in [2.24, 2.45) is 17.3 Å². The van der Waals surface area contributed by atoms with Crippen LogP contribution in [0.15, 0.2) is 11.6 Å². The Morgan fingerprint density at radius 3 is 2.52 bits per heavy atom. The average Bonchev–Trinajstić information content (AvgIpc) is 2.68. The number of benzene rings is 1. The minimum Gasteiger partial charge on any atom is -0.507 e. The molecule has 1 aromatic rings. The van der Waals surface area contributed by atoms with E-state index in [1.165, 1.54) is 0 Å². The zero-order valence-electron chi connectivity index (χ0n) is 17.8. The van der Waals surface area contributed by atoms with Crippen LogP contribution < -0.4 is 0 Å². The number of hydrogen-bond acceptors (Lipinski definition) is 5. The number of carbonyl (C=O) groups is 2. The predicted octanol–water partition coefficient (Wildman–Crippen LogP) is 4.75. The number of carbonyl (C=O) groups excluding carboxylic acids is 2. The number of ketones is 1. The summed E-state index contributed by atoms with van der Waals surface area (Å²) in [6, 6.07) is 0. The van der Waals surface area contributed by atoms with Gasteiger partial charge in [0.2, 0.25) is 0 Å². The molecule has 0 spiro atoms. The topological polar surface area (TPSA) is 94.8 Å². The lowest BCUT2D eigenvalue weighted by molar-refractivity contribution is -0.133. The summed E-state index contributed by atoms with van der Waals surface area (Å²) in [5.74, 6) is -0.127. The van der Waals surface area contributed by atoms with Gasteiger partial charge < -0.3 is 15.3 Å². The first kappa shape index (κ1) is 23.4. The van der Waals surface area contributed by atoms with Gasteiger partial charge in [-0.1, -0.05) is 38.4 Å². The van der Waals surface area contributed by atoms with Crippen LogP contribution in [0.25, 0.3) is 0 Å². The number of hydrogen-bond donors (Lipinski definition) is 3. The Hall–Kier alpha value is -1.85. The second kappa shape index (κ2) is 8.88. The van der Waals surface area contributed by atoms with Crippen molar-refractivity contribution >= 4 is 23.7 Å². The molecule has 1 aromatic carbocycles. The van der Waals surface area contributed by atoms with Gasteiger partial charge in [-0.25, -0.2) is 0 Å². The highest BCUT2D eigenvalue weighted by atomic mass is 35.5. The minimum atomic E-state index is -0.758. The smallest absolute Gasteiger partial charge is 0.154 e. The van der Waals surface area contributed by atoms with Crippen LogP contribution in [0, 0.1) is 24.2 Å². The molecule has 0 aliphatic heterocycles. The van der Waals surface area contributed by atoms with Gasteiger partial charge in [-0.15, -0.1) is 0 Å². The molecule has 0 aromatic heterocycles. The standard InChI is InChI=1S/C23H31ClO5/c1-12(19(27)10-23(5)13(2)7-9-18(26)15(23)4)6-8-16-21(28)17(11-25)14(3)20(24)22(16)29/h6,11,13,15,19,27-29H,7-10H2,1-5H3/t13-,15+,19+,23+/m0/s1. The van der Waals surface area contributed by atoms with E-state index in [0.717, 1.165) is 6.42 Å². The van der Waals surface area contributed by atoms with Gasteiger partial charge in [0.1, 0.15) is 17.3 Å². The Balaban J connectivity index is 2.25. The SMILES string of the molecule is CC(=CCc1c(O)c(Cl)c(C)c(C=O)c1O)[C@H](O)C[C@@]1(C)[C@H](C)C(=O)CC[C@@H]1C. The average molecular weight is 423 g/mol. The molecular formula is C23H31ClO5. The summed E-state index contributed by atoms with van der Waals surface area (Å²) in [5.41, 5.74) is 0.887. The molecule has 0 unspecified atom stereocenters. The van der Waals surface area contributed by atoms with Crippen LogP contribution in [0.5, 0.6) is 11.5 Å². The van der Waals surface area contributed by atoms with Crippen LogP contribution in [0.1, 0.15) is 68.4 Å². The summed E-state index contributed by atoms with van der Waals surface area (Å²) in [5, 5.41) is 31.5. The van der Waals surface area contributed by atoms with E-state index in [0.29, 0.717) is 36.2 Å². The Labute approximate surface area is 177 Å². The molecule has 0 heterocycles. The molecule has 0 bridgehead atoms. The molecule has 1 fully saturated rings. The van der Waals surface area contributed by atoms with Crippen LogP contribution in [0.2, 0.25) is 5.02 Å². The summed E-state index contributed by atoms with van der Waals surface area (Å²) < 4.78 is 0. The minimum absolute atomic E-state index is 0.0300. The number of aldehydes is 1. The Morgan fingerprint density at radius 1 is 1.31 bits per heavy atom. The molecular weight excluding hydrogens is 392 g/mol. The summed E-state index contributed by atoms with van der Waals surface area (Å²) in [7, 11) is 0. The van der Waals surface area contributed by atoms with Crippen molar-refractivity contribution in [3.63, 3.8) is 0 Å². The molecule has 1 saturated carbocycles. The molecule has 0 saturated heterocycles. The van der Waals surface area contributed by atoms with Gasteiger partial charge in [-0.3, -0.25) is 9.59 Å².